The molecule has 1 aromatic rings. The van der Waals surface area contributed by atoms with E-state index in [-0.39, 0.29) is 11.8 Å². The number of hydrogen-bond acceptors (Lipinski definition) is 4. The molecular weight excluding hydrogens is 266 g/mol. The molecule has 5 nitrogen and oxygen atoms in total. The zero-order valence-electron chi connectivity index (χ0n) is 12.3. The van der Waals surface area contributed by atoms with Gasteiger partial charge in [-0.15, -0.1) is 0 Å². The largest absolute Gasteiger partial charge is 0.330 e. The van der Waals surface area contributed by atoms with E-state index in [1.807, 2.05) is 0 Å². The van der Waals surface area contributed by atoms with Gasteiger partial charge in [0.1, 0.15) is 0 Å². The van der Waals surface area contributed by atoms with Gasteiger partial charge in [0.15, 0.2) is 0 Å². The summed E-state index contributed by atoms with van der Waals surface area (Å²) in [5.41, 5.74) is 6.80. The Hall–Kier alpha value is -1.72. The van der Waals surface area contributed by atoms with Gasteiger partial charge in [0.25, 0.3) is 11.8 Å². The van der Waals surface area contributed by atoms with Gasteiger partial charge < -0.3 is 5.73 Å². The summed E-state index contributed by atoms with van der Waals surface area (Å²) in [6.45, 7) is 4.02. The maximum absolute atomic E-state index is 12.4. The standard InChI is InChI=1S/C16H21N3O2/c1-11-6-7-12(8-17)9-18(11)10-19-15(20)13-4-2-3-5-14(13)16(19)21/h2-5,11-12H,6-10,17H2,1H3. The lowest BCUT2D eigenvalue weighted by Crippen LogP contribution is -2.50. The van der Waals surface area contributed by atoms with Crippen LogP contribution < -0.4 is 5.73 Å². The molecule has 2 N–H and O–H groups in total. The SMILES string of the molecule is CC1CCC(CN)CN1CN1C(=O)c2ccccc2C1=O. The van der Waals surface area contributed by atoms with Crippen LogP contribution in [-0.2, 0) is 0 Å². The van der Waals surface area contributed by atoms with Crippen LogP contribution >= 0.6 is 0 Å². The fraction of sp³-hybridized carbons (Fsp3) is 0.500. The van der Waals surface area contributed by atoms with E-state index in [9.17, 15) is 9.59 Å². The maximum Gasteiger partial charge on any atom is 0.262 e. The number of piperidine rings is 1. The van der Waals surface area contributed by atoms with E-state index in [2.05, 4.69) is 11.8 Å². The van der Waals surface area contributed by atoms with Crippen molar-refractivity contribution < 1.29 is 9.59 Å². The summed E-state index contributed by atoms with van der Waals surface area (Å²) in [6.07, 6.45) is 2.18. The van der Waals surface area contributed by atoms with Crippen molar-refractivity contribution in [3.63, 3.8) is 0 Å². The molecular formula is C16H21N3O2. The molecule has 2 atom stereocenters. The highest BCUT2D eigenvalue weighted by Gasteiger charge is 2.37. The molecule has 2 unspecified atom stereocenters. The highest BCUT2D eigenvalue weighted by molar-refractivity contribution is 6.21. The van der Waals surface area contributed by atoms with E-state index in [1.54, 1.807) is 24.3 Å². The molecule has 0 saturated carbocycles. The molecule has 112 valence electrons. The first kappa shape index (κ1) is 14.2. The van der Waals surface area contributed by atoms with E-state index >= 15 is 0 Å². The molecule has 0 radical (unpaired) electrons. The van der Waals surface area contributed by atoms with E-state index in [0.29, 0.717) is 36.3 Å². The van der Waals surface area contributed by atoms with Gasteiger partial charge in [-0.25, -0.2) is 0 Å². The average Bonchev–Trinajstić information content (AvgIpc) is 2.75. The second-order valence-corrected chi connectivity index (χ2v) is 6.02. The number of carbonyl (C=O) groups excluding carboxylic acids is 2. The Morgan fingerprint density at radius 3 is 2.33 bits per heavy atom. The Kier molecular flexibility index (Phi) is 3.78. The summed E-state index contributed by atoms with van der Waals surface area (Å²) >= 11 is 0. The van der Waals surface area contributed by atoms with Crippen molar-refractivity contribution in [1.29, 1.82) is 0 Å². The number of imide groups is 1. The third-order valence-corrected chi connectivity index (χ3v) is 4.64. The lowest BCUT2D eigenvalue weighted by molar-refractivity contribution is 0.0375. The van der Waals surface area contributed by atoms with Crippen molar-refractivity contribution in [2.75, 3.05) is 19.8 Å². The molecule has 1 fully saturated rings. The quantitative estimate of drug-likeness (QED) is 0.851. The third kappa shape index (κ3) is 2.47. The highest BCUT2D eigenvalue weighted by Crippen LogP contribution is 2.26. The molecule has 0 aromatic heterocycles. The Balaban J connectivity index is 1.77. The predicted octanol–water partition coefficient (Wildman–Crippen LogP) is 1.30. The highest BCUT2D eigenvalue weighted by atomic mass is 16.2. The number of rotatable bonds is 3. The van der Waals surface area contributed by atoms with Gasteiger partial charge in [-0.3, -0.25) is 19.4 Å². The van der Waals surface area contributed by atoms with E-state index in [4.69, 9.17) is 5.73 Å². The van der Waals surface area contributed by atoms with Crippen LogP contribution in [0.2, 0.25) is 0 Å². The van der Waals surface area contributed by atoms with Crippen LogP contribution in [0.1, 0.15) is 40.5 Å². The number of nitrogens with two attached hydrogens (primary N) is 1. The topological polar surface area (TPSA) is 66.6 Å². The zero-order valence-corrected chi connectivity index (χ0v) is 12.3. The number of likely N-dealkylation sites (tertiary alicyclic amines) is 1. The Labute approximate surface area is 124 Å². The van der Waals surface area contributed by atoms with Crippen LogP contribution in [0, 0.1) is 5.92 Å². The van der Waals surface area contributed by atoms with Crippen LogP contribution in [0.4, 0.5) is 0 Å². The van der Waals surface area contributed by atoms with Crippen molar-refractivity contribution in [2.24, 2.45) is 11.7 Å². The number of amides is 2. The molecule has 5 heteroatoms. The minimum Gasteiger partial charge on any atom is -0.330 e. The summed E-state index contributed by atoms with van der Waals surface area (Å²) in [5, 5.41) is 0. The summed E-state index contributed by atoms with van der Waals surface area (Å²) < 4.78 is 0. The molecule has 2 aliphatic heterocycles. The van der Waals surface area contributed by atoms with Gasteiger partial charge in [-0.2, -0.15) is 0 Å². The van der Waals surface area contributed by atoms with Crippen LogP contribution in [-0.4, -0.2) is 47.4 Å². The molecule has 2 amide bonds. The Bertz CT molecular complexity index is 537. The lowest BCUT2D eigenvalue weighted by atomic mass is 9.94. The molecule has 1 saturated heterocycles. The van der Waals surface area contributed by atoms with Crippen LogP contribution in [0.15, 0.2) is 24.3 Å². The number of nitrogens with zero attached hydrogens (tertiary/aromatic N) is 2. The van der Waals surface area contributed by atoms with Gasteiger partial charge in [0, 0.05) is 12.6 Å². The van der Waals surface area contributed by atoms with Crippen LogP contribution in [0.25, 0.3) is 0 Å². The average molecular weight is 287 g/mol. The van der Waals surface area contributed by atoms with Crippen LogP contribution in [0.3, 0.4) is 0 Å². The van der Waals surface area contributed by atoms with Gasteiger partial charge in [0.05, 0.1) is 17.8 Å². The molecule has 21 heavy (non-hydrogen) atoms. The molecule has 2 heterocycles. The van der Waals surface area contributed by atoms with Crippen LogP contribution in [0.5, 0.6) is 0 Å². The minimum atomic E-state index is -0.183. The van der Waals surface area contributed by atoms with Crippen molar-refractivity contribution in [3.8, 4) is 0 Å². The van der Waals surface area contributed by atoms with Crippen molar-refractivity contribution in [1.82, 2.24) is 9.80 Å². The fourth-order valence-corrected chi connectivity index (χ4v) is 3.20. The van der Waals surface area contributed by atoms with Gasteiger partial charge in [0.2, 0.25) is 0 Å². The first-order valence-electron chi connectivity index (χ1n) is 7.51. The second-order valence-electron chi connectivity index (χ2n) is 6.02. The molecule has 3 rings (SSSR count). The van der Waals surface area contributed by atoms with E-state index in [0.717, 1.165) is 19.4 Å². The molecule has 0 aliphatic carbocycles. The predicted molar refractivity (Wildman–Crippen MR) is 79.8 cm³/mol. The normalized spacial score (nSPS) is 26.3. The van der Waals surface area contributed by atoms with Gasteiger partial charge in [-0.05, 0) is 44.4 Å². The Morgan fingerprint density at radius 1 is 1.14 bits per heavy atom. The summed E-state index contributed by atoms with van der Waals surface area (Å²) in [5.74, 6) is 0.0896. The number of fused-ring (bicyclic) bond motifs is 1. The van der Waals surface area contributed by atoms with Gasteiger partial charge in [-0.1, -0.05) is 12.1 Å². The number of benzene rings is 1. The zero-order chi connectivity index (χ0) is 15.0. The lowest BCUT2D eigenvalue weighted by Gasteiger charge is -2.39. The molecule has 0 bridgehead atoms. The molecule has 2 aliphatic rings. The van der Waals surface area contributed by atoms with Crippen molar-refractivity contribution in [3.05, 3.63) is 35.4 Å². The van der Waals surface area contributed by atoms with Crippen molar-refractivity contribution in [2.45, 2.75) is 25.8 Å². The van der Waals surface area contributed by atoms with Crippen molar-refractivity contribution >= 4 is 11.8 Å². The summed E-state index contributed by atoms with van der Waals surface area (Å²) in [6, 6.07) is 7.40. The molecule has 0 spiro atoms. The first-order valence-corrected chi connectivity index (χ1v) is 7.51. The van der Waals surface area contributed by atoms with E-state index in [1.165, 1.54) is 4.90 Å². The Morgan fingerprint density at radius 2 is 1.76 bits per heavy atom. The van der Waals surface area contributed by atoms with Gasteiger partial charge >= 0.3 is 0 Å². The number of hydrogen-bond donors (Lipinski definition) is 1. The monoisotopic (exact) mass is 287 g/mol. The third-order valence-electron chi connectivity index (χ3n) is 4.64. The van der Waals surface area contributed by atoms with E-state index < -0.39 is 0 Å². The first-order chi connectivity index (χ1) is 10.1. The fourth-order valence-electron chi connectivity index (χ4n) is 3.20. The smallest absolute Gasteiger partial charge is 0.262 e. The maximum atomic E-state index is 12.4. The summed E-state index contributed by atoms with van der Waals surface area (Å²) in [4.78, 5) is 28.3. The second kappa shape index (κ2) is 5.58. The summed E-state index contributed by atoms with van der Waals surface area (Å²) in [7, 11) is 0. The minimum absolute atomic E-state index is 0.183. The number of carbonyl (C=O) groups is 2. The molecule has 1 aromatic carbocycles.